The van der Waals surface area contributed by atoms with Crippen LogP contribution < -0.4 is 5.73 Å². The standard InChI is InChI=1S/C16H12Cl2N4S/c17-14-6-12(8-19)7-15(18)13(14)9-21-22-16(20)23-10-11-4-2-1-3-5-11/h1-7,9H,10H2,(H2,20,22). The van der Waals surface area contributed by atoms with Gasteiger partial charge in [-0.05, 0) is 17.7 Å². The SMILES string of the molecule is N#Cc1cc(Cl)c(C=NN=C(N)SCc2ccccc2)c(Cl)c1. The minimum Gasteiger partial charge on any atom is -0.377 e. The molecule has 0 saturated heterocycles. The van der Waals surface area contributed by atoms with Gasteiger partial charge >= 0.3 is 0 Å². The zero-order chi connectivity index (χ0) is 16.7. The molecule has 23 heavy (non-hydrogen) atoms. The first-order valence-electron chi connectivity index (χ1n) is 6.52. The van der Waals surface area contributed by atoms with Crippen molar-refractivity contribution in [2.75, 3.05) is 0 Å². The Balaban J connectivity index is 2.02. The Labute approximate surface area is 148 Å². The molecule has 7 heteroatoms. The van der Waals surface area contributed by atoms with Gasteiger partial charge < -0.3 is 5.73 Å². The molecule has 0 atom stereocenters. The molecule has 0 unspecified atom stereocenters. The van der Waals surface area contributed by atoms with Gasteiger partial charge in [-0.25, -0.2) is 0 Å². The van der Waals surface area contributed by atoms with Gasteiger partial charge in [-0.2, -0.15) is 10.4 Å². The number of nitrogens with zero attached hydrogens (tertiary/aromatic N) is 3. The highest BCUT2D eigenvalue weighted by molar-refractivity contribution is 8.13. The molecule has 0 fully saturated rings. The maximum atomic E-state index is 8.84. The number of amidine groups is 1. The lowest BCUT2D eigenvalue weighted by molar-refractivity contribution is 1.25. The quantitative estimate of drug-likeness (QED) is 0.496. The van der Waals surface area contributed by atoms with Crippen molar-refractivity contribution in [3.05, 3.63) is 69.2 Å². The van der Waals surface area contributed by atoms with Gasteiger partial charge in [0.15, 0.2) is 5.17 Å². The molecule has 0 saturated carbocycles. The molecule has 2 N–H and O–H groups in total. The first kappa shape index (κ1) is 17.4. The lowest BCUT2D eigenvalue weighted by Gasteiger charge is -2.01. The van der Waals surface area contributed by atoms with E-state index < -0.39 is 0 Å². The number of rotatable bonds is 4. The number of thioether (sulfide) groups is 1. The van der Waals surface area contributed by atoms with Crippen LogP contribution >= 0.6 is 35.0 Å². The van der Waals surface area contributed by atoms with Crippen molar-refractivity contribution >= 4 is 46.3 Å². The van der Waals surface area contributed by atoms with Crippen molar-refractivity contribution in [2.24, 2.45) is 15.9 Å². The van der Waals surface area contributed by atoms with Crippen molar-refractivity contribution in [1.29, 1.82) is 5.26 Å². The van der Waals surface area contributed by atoms with E-state index in [4.69, 9.17) is 34.2 Å². The van der Waals surface area contributed by atoms with E-state index in [1.807, 2.05) is 36.4 Å². The van der Waals surface area contributed by atoms with Crippen LogP contribution in [0.4, 0.5) is 0 Å². The molecule has 0 aliphatic carbocycles. The number of nitrogens with two attached hydrogens (primary N) is 1. The fourth-order valence-corrected chi connectivity index (χ4v) is 2.87. The minimum atomic E-state index is 0.337. The molecule has 0 heterocycles. The van der Waals surface area contributed by atoms with Crippen LogP contribution in [0.1, 0.15) is 16.7 Å². The van der Waals surface area contributed by atoms with Crippen LogP contribution in [-0.2, 0) is 5.75 Å². The van der Waals surface area contributed by atoms with E-state index in [1.54, 1.807) is 0 Å². The van der Waals surface area contributed by atoms with Gasteiger partial charge in [-0.3, -0.25) is 0 Å². The van der Waals surface area contributed by atoms with Crippen molar-refractivity contribution in [3.8, 4) is 6.07 Å². The second kappa shape index (κ2) is 8.59. The monoisotopic (exact) mass is 362 g/mol. The maximum absolute atomic E-state index is 8.84. The van der Waals surface area contributed by atoms with E-state index in [9.17, 15) is 0 Å². The molecular weight excluding hydrogens is 351 g/mol. The molecule has 4 nitrogen and oxygen atoms in total. The van der Waals surface area contributed by atoms with Crippen LogP contribution in [0.3, 0.4) is 0 Å². The summed E-state index contributed by atoms with van der Waals surface area (Å²) in [6, 6.07) is 14.9. The first-order chi connectivity index (χ1) is 11.1. The molecule has 0 radical (unpaired) electrons. The van der Waals surface area contributed by atoms with Crippen LogP contribution in [0.25, 0.3) is 0 Å². The van der Waals surface area contributed by atoms with Crippen molar-refractivity contribution < 1.29 is 0 Å². The maximum Gasteiger partial charge on any atom is 0.180 e. The number of hydrogen-bond acceptors (Lipinski definition) is 4. The van der Waals surface area contributed by atoms with E-state index in [0.717, 1.165) is 5.56 Å². The second-order valence-corrected chi connectivity index (χ2v) is 6.23. The fraction of sp³-hybridized carbons (Fsp3) is 0.0625. The second-order valence-electron chi connectivity index (χ2n) is 4.42. The van der Waals surface area contributed by atoms with Gasteiger partial charge in [0.25, 0.3) is 0 Å². The third-order valence-electron chi connectivity index (χ3n) is 2.78. The molecule has 2 aromatic carbocycles. The van der Waals surface area contributed by atoms with Gasteiger partial charge in [0.1, 0.15) is 0 Å². The van der Waals surface area contributed by atoms with Crippen molar-refractivity contribution in [1.82, 2.24) is 0 Å². The Morgan fingerprint density at radius 3 is 2.48 bits per heavy atom. The first-order valence-corrected chi connectivity index (χ1v) is 8.26. The minimum absolute atomic E-state index is 0.337. The van der Waals surface area contributed by atoms with Gasteiger partial charge in [-0.1, -0.05) is 65.3 Å². The third-order valence-corrected chi connectivity index (χ3v) is 4.26. The summed E-state index contributed by atoms with van der Waals surface area (Å²) < 4.78 is 0. The fourth-order valence-electron chi connectivity index (χ4n) is 1.68. The van der Waals surface area contributed by atoms with Crippen molar-refractivity contribution in [3.63, 3.8) is 0 Å². The average molecular weight is 363 g/mol. The normalized spacial score (nSPS) is 11.6. The summed E-state index contributed by atoms with van der Waals surface area (Å²) in [6.07, 6.45) is 1.42. The van der Waals surface area contributed by atoms with E-state index in [1.165, 1.54) is 30.1 Å². The van der Waals surface area contributed by atoms with Crippen molar-refractivity contribution in [2.45, 2.75) is 5.75 Å². The van der Waals surface area contributed by atoms with Crippen LogP contribution in [0.5, 0.6) is 0 Å². The van der Waals surface area contributed by atoms with E-state index in [0.29, 0.717) is 32.1 Å². The number of hydrogen-bond donors (Lipinski definition) is 1. The van der Waals surface area contributed by atoms with E-state index in [2.05, 4.69) is 10.2 Å². The average Bonchev–Trinajstić information content (AvgIpc) is 2.56. The molecule has 2 rings (SSSR count). The largest absolute Gasteiger partial charge is 0.377 e. The summed E-state index contributed by atoms with van der Waals surface area (Å²) in [5, 5.41) is 17.6. The zero-order valence-corrected chi connectivity index (χ0v) is 14.2. The highest BCUT2D eigenvalue weighted by Gasteiger charge is 2.06. The Morgan fingerprint density at radius 2 is 1.87 bits per heavy atom. The molecule has 116 valence electrons. The van der Waals surface area contributed by atoms with Gasteiger partial charge in [0.05, 0.1) is 27.9 Å². The summed E-state index contributed by atoms with van der Waals surface area (Å²) in [7, 11) is 0. The lowest BCUT2D eigenvalue weighted by atomic mass is 10.1. The highest BCUT2D eigenvalue weighted by Crippen LogP contribution is 2.24. The zero-order valence-electron chi connectivity index (χ0n) is 11.9. The molecule has 0 bridgehead atoms. The summed E-state index contributed by atoms with van der Waals surface area (Å²) >= 11 is 13.5. The Morgan fingerprint density at radius 1 is 1.22 bits per heavy atom. The van der Waals surface area contributed by atoms with Gasteiger partial charge in [-0.15, -0.1) is 5.10 Å². The highest BCUT2D eigenvalue weighted by atomic mass is 35.5. The number of benzene rings is 2. The third kappa shape index (κ3) is 5.29. The number of nitriles is 1. The summed E-state index contributed by atoms with van der Waals surface area (Å²) in [5.41, 5.74) is 7.83. The summed E-state index contributed by atoms with van der Waals surface area (Å²) in [5.74, 6) is 0.712. The molecule has 0 aliphatic rings. The summed E-state index contributed by atoms with van der Waals surface area (Å²) in [6.45, 7) is 0. The Hall–Kier alpha value is -2.00. The molecule has 2 aromatic rings. The van der Waals surface area contributed by atoms with E-state index >= 15 is 0 Å². The van der Waals surface area contributed by atoms with Crippen LogP contribution in [0.2, 0.25) is 10.0 Å². The van der Waals surface area contributed by atoms with E-state index in [-0.39, 0.29) is 0 Å². The molecule has 0 aliphatic heterocycles. The van der Waals surface area contributed by atoms with Crippen LogP contribution in [-0.4, -0.2) is 11.4 Å². The molecular formula is C16H12Cl2N4S. The van der Waals surface area contributed by atoms with Crippen LogP contribution in [0, 0.1) is 11.3 Å². The van der Waals surface area contributed by atoms with Gasteiger partial charge in [0.2, 0.25) is 0 Å². The predicted molar refractivity (Wildman–Crippen MR) is 98.1 cm³/mol. The Bertz CT molecular complexity index is 759. The predicted octanol–water partition coefficient (Wildman–Crippen LogP) is 4.45. The lowest BCUT2D eigenvalue weighted by Crippen LogP contribution is -2.06. The van der Waals surface area contributed by atoms with Gasteiger partial charge in [0, 0.05) is 11.3 Å². The molecule has 0 aromatic heterocycles. The molecule has 0 amide bonds. The number of halogens is 2. The smallest absolute Gasteiger partial charge is 0.180 e. The van der Waals surface area contributed by atoms with Crippen LogP contribution in [0.15, 0.2) is 52.7 Å². The Kier molecular flexibility index (Phi) is 6.48. The topological polar surface area (TPSA) is 74.5 Å². The summed E-state index contributed by atoms with van der Waals surface area (Å²) in [4.78, 5) is 0. The molecule has 0 spiro atoms.